The van der Waals surface area contributed by atoms with Crippen LogP contribution in [0.25, 0.3) is 0 Å². The highest BCUT2D eigenvalue weighted by Gasteiger charge is 2.24. The minimum absolute atomic E-state index is 0.00966. The van der Waals surface area contributed by atoms with Gasteiger partial charge in [0.05, 0.1) is 5.56 Å². The number of rotatable bonds is 6. The van der Waals surface area contributed by atoms with Gasteiger partial charge >= 0.3 is 5.97 Å². The predicted molar refractivity (Wildman–Crippen MR) is 79.5 cm³/mol. The quantitative estimate of drug-likeness (QED) is 0.817. The highest BCUT2D eigenvalue weighted by molar-refractivity contribution is 5.95. The molecule has 0 spiro atoms. The molecule has 1 saturated heterocycles. The molecule has 1 aliphatic heterocycles. The van der Waals surface area contributed by atoms with Gasteiger partial charge in [0.1, 0.15) is 0 Å². The standard InChI is InChI=1S/C17H20O4/c1-2-16(18)15(11-12-7-9-21-10-8-12)13-3-5-14(6-4-13)17(19)20/h2-6,12,15H,1,7-11H2,(H,19,20). The number of hydrogen-bond acceptors (Lipinski definition) is 3. The Kier molecular flexibility index (Phi) is 5.28. The Morgan fingerprint density at radius 3 is 2.43 bits per heavy atom. The molecule has 4 nitrogen and oxygen atoms in total. The van der Waals surface area contributed by atoms with Gasteiger partial charge in [-0.25, -0.2) is 4.79 Å². The maximum absolute atomic E-state index is 12.1. The molecule has 21 heavy (non-hydrogen) atoms. The van der Waals surface area contributed by atoms with E-state index >= 15 is 0 Å². The fourth-order valence-electron chi connectivity index (χ4n) is 2.73. The van der Waals surface area contributed by atoms with Crippen molar-refractivity contribution < 1.29 is 19.4 Å². The van der Waals surface area contributed by atoms with Crippen molar-refractivity contribution in [3.05, 3.63) is 48.0 Å². The van der Waals surface area contributed by atoms with E-state index in [-0.39, 0.29) is 17.3 Å². The highest BCUT2D eigenvalue weighted by atomic mass is 16.5. The molecule has 1 aromatic carbocycles. The number of carbonyl (C=O) groups is 2. The Morgan fingerprint density at radius 2 is 1.90 bits per heavy atom. The van der Waals surface area contributed by atoms with E-state index in [1.807, 2.05) is 0 Å². The third-order valence-corrected chi connectivity index (χ3v) is 4.01. The number of ether oxygens (including phenoxy) is 1. The monoisotopic (exact) mass is 288 g/mol. The van der Waals surface area contributed by atoms with Crippen molar-refractivity contribution in [2.45, 2.75) is 25.2 Å². The Balaban J connectivity index is 2.16. The van der Waals surface area contributed by atoms with Crippen molar-refractivity contribution >= 4 is 11.8 Å². The van der Waals surface area contributed by atoms with Gasteiger partial charge in [0, 0.05) is 19.1 Å². The first-order valence-corrected chi connectivity index (χ1v) is 7.19. The van der Waals surface area contributed by atoms with Gasteiger partial charge < -0.3 is 9.84 Å². The van der Waals surface area contributed by atoms with Gasteiger partial charge in [-0.05, 0) is 49.0 Å². The van der Waals surface area contributed by atoms with E-state index in [0.29, 0.717) is 5.92 Å². The Hall–Kier alpha value is -1.94. The van der Waals surface area contributed by atoms with Crippen molar-refractivity contribution in [1.29, 1.82) is 0 Å². The van der Waals surface area contributed by atoms with Crippen LogP contribution in [0.4, 0.5) is 0 Å². The van der Waals surface area contributed by atoms with Crippen LogP contribution in [-0.4, -0.2) is 30.1 Å². The van der Waals surface area contributed by atoms with Crippen LogP contribution in [0.5, 0.6) is 0 Å². The van der Waals surface area contributed by atoms with E-state index in [4.69, 9.17) is 9.84 Å². The Bertz CT molecular complexity index is 512. The lowest BCUT2D eigenvalue weighted by Crippen LogP contribution is -2.21. The SMILES string of the molecule is C=CC(=O)C(CC1CCOCC1)c1ccc(C(=O)O)cc1. The molecule has 0 amide bonds. The lowest BCUT2D eigenvalue weighted by molar-refractivity contribution is -0.116. The van der Waals surface area contributed by atoms with Gasteiger partial charge in [0.25, 0.3) is 0 Å². The van der Waals surface area contributed by atoms with Crippen LogP contribution in [0.15, 0.2) is 36.9 Å². The van der Waals surface area contributed by atoms with Crippen LogP contribution in [0.1, 0.15) is 41.1 Å². The average Bonchev–Trinajstić information content (AvgIpc) is 2.53. The zero-order valence-electron chi connectivity index (χ0n) is 12.0. The second-order valence-corrected chi connectivity index (χ2v) is 5.38. The molecule has 112 valence electrons. The van der Waals surface area contributed by atoms with Gasteiger partial charge in [-0.1, -0.05) is 18.7 Å². The van der Waals surface area contributed by atoms with Crippen LogP contribution >= 0.6 is 0 Å². The summed E-state index contributed by atoms with van der Waals surface area (Å²) in [7, 11) is 0. The first-order valence-electron chi connectivity index (χ1n) is 7.19. The van der Waals surface area contributed by atoms with E-state index in [1.54, 1.807) is 24.3 Å². The lowest BCUT2D eigenvalue weighted by atomic mass is 9.82. The van der Waals surface area contributed by atoms with Crippen LogP contribution in [-0.2, 0) is 9.53 Å². The van der Waals surface area contributed by atoms with Crippen molar-refractivity contribution in [3.63, 3.8) is 0 Å². The molecule has 1 unspecified atom stereocenters. The fraction of sp³-hybridized carbons (Fsp3) is 0.412. The molecule has 1 atom stereocenters. The van der Waals surface area contributed by atoms with E-state index < -0.39 is 5.97 Å². The van der Waals surface area contributed by atoms with Gasteiger partial charge in [0.15, 0.2) is 5.78 Å². The van der Waals surface area contributed by atoms with Crippen molar-refractivity contribution in [3.8, 4) is 0 Å². The molecule has 1 heterocycles. The van der Waals surface area contributed by atoms with Crippen LogP contribution in [0.3, 0.4) is 0 Å². The number of carbonyl (C=O) groups excluding carboxylic acids is 1. The Labute approximate surface area is 124 Å². The van der Waals surface area contributed by atoms with E-state index in [2.05, 4.69) is 6.58 Å². The summed E-state index contributed by atoms with van der Waals surface area (Å²) in [6.45, 7) is 5.07. The number of allylic oxidation sites excluding steroid dienone is 1. The van der Waals surface area contributed by atoms with Gasteiger partial charge in [-0.2, -0.15) is 0 Å². The first kappa shape index (κ1) is 15.4. The summed E-state index contributed by atoms with van der Waals surface area (Å²) >= 11 is 0. The minimum atomic E-state index is -0.961. The molecule has 0 saturated carbocycles. The topological polar surface area (TPSA) is 63.6 Å². The number of ketones is 1. The third kappa shape index (κ3) is 4.02. The number of carboxylic acids is 1. The molecule has 0 radical (unpaired) electrons. The molecule has 0 aliphatic carbocycles. The molecule has 1 aromatic rings. The molecule has 1 fully saturated rings. The van der Waals surface area contributed by atoms with E-state index in [1.165, 1.54) is 6.08 Å². The molecule has 4 heteroatoms. The average molecular weight is 288 g/mol. The molecule has 0 bridgehead atoms. The summed E-state index contributed by atoms with van der Waals surface area (Å²) in [4.78, 5) is 23.0. The minimum Gasteiger partial charge on any atom is -0.478 e. The number of benzene rings is 1. The van der Waals surface area contributed by atoms with Crippen LogP contribution in [0, 0.1) is 5.92 Å². The third-order valence-electron chi connectivity index (χ3n) is 4.01. The maximum atomic E-state index is 12.1. The van der Waals surface area contributed by atoms with E-state index in [0.717, 1.165) is 38.0 Å². The molecule has 1 N–H and O–H groups in total. The molecular weight excluding hydrogens is 268 g/mol. The van der Waals surface area contributed by atoms with Gasteiger partial charge in [-0.15, -0.1) is 0 Å². The molecule has 1 aliphatic rings. The number of hydrogen-bond donors (Lipinski definition) is 1. The largest absolute Gasteiger partial charge is 0.478 e. The zero-order chi connectivity index (χ0) is 15.2. The van der Waals surface area contributed by atoms with Gasteiger partial charge in [-0.3, -0.25) is 4.79 Å². The smallest absolute Gasteiger partial charge is 0.335 e. The summed E-state index contributed by atoms with van der Waals surface area (Å²) in [5.41, 5.74) is 1.09. The predicted octanol–water partition coefficient (Wildman–Crippen LogP) is 3.04. The summed E-state index contributed by atoms with van der Waals surface area (Å²) in [6.07, 6.45) is 4.05. The van der Waals surface area contributed by atoms with Crippen LogP contribution < -0.4 is 0 Å². The van der Waals surface area contributed by atoms with Crippen molar-refractivity contribution in [2.24, 2.45) is 5.92 Å². The maximum Gasteiger partial charge on any atom is 0.335 e. The second-order valence-electron chi connectivity index (χ2n) is 5.38. The number of carboxylic acid groups (broad SMARTS) is 1. The lowest BCUT2D eigenvalue weighted by Gasteiger charge is -2.25. The zero-order valence-corrected chi connectivity index (χ0v) is 12.0. The van der Waals surface area contributed by atoms with Crippen molar-refractivity contribution in [2.75, 3.05) is 13.2 Å². The molecular formula is C17H20O4. The summed E-state index contributed by atoms with van der Waals surface area (Å²) < 4.78 is 5.35. The Morgan fingerprint density at radius 1 is 1.29 bits per heavy atom. The van der Waals surface area contributed by atoms with Gasteiger partial charge in [0.2, 0.25) is 0 Å². The second kappa shape index (κ2) is 7.18. The summed E-state index contributed by atoms with van der Waals surface area (Å²) in [5.74, 6) is -0.748. The van der Waals surface area contributed by atoms with E-state index in [9.17, 15) is 9.59 Å². The molecule has 0 aromatic heterocycles. The number of aromatic carboxylic acids is 1. The highest BCUT2D eigenvalue weighted by Crippen LogP contribution is 2.30. The molecule has 2 rings (SSSR count). The normalized spacial score (nSPS) is 17.1. The van der Waals surface area contributed by atoms with Crippen LogP contribution in [0.2, 0.25) is 0 Å². The summed E-state index contributed by atoms with van der Waals surface area (Å²) in [5, 5.41) is 8.93. The summed E-state index contributed by atoms with van der Waals surface area (Å²) in [6, 6.07) is 6.56. The first-order chi connectivity index (χ1) is 10.1. The fourth-order valence-corrected chi connectivity index (χ4v) is 2.73. The van der Waals surface area contributed by atoms with Crippen molar-refractivity contribution in [1.82, 2.24) is 0 Å².